The van der Waals surface area contributed by atoms with E-state index in [1.807, 2.05) is 6.92 Å². The molecule has 0 saturated carbocycles. The van der Waals surface area contributed by atoms with Gasteiger partial charge < -0.3 is 19.2 Å². The van der Waals surface area contributed by atoms with Crippen LogP contribution in [0.1, 0.15) is 21.7 Å². The van der Waals surface area contributed by atoms with Crippen molar-refractivity contribution in [1.29, 1.82) is 0 Å². The summed E-state index contributed by atoms with van der Waals surface area (Å²) in [6.45, 7) is 1.99. The average molecular weight is 303 g/mol. The summed E-state index contributed by atoms with van der Waals surface area (Å²) in [7, 11) is 1.31. The molecular formula is C16H17NO5. The maximum absolute atomic E-state index is 11.7. The lowest BCUT2D eigenvalue weighted by Gasteiger charge is -2.10. The number of nitrogens with one attached hydrogen (secondary N) is 1. The van der Waals surface area contributed by atoms with E-state index < -0.39 is 5.97 Å². The Labute approximate surface area is 128 Å². The van der Waals surface area contributed by atoms with E-state index in [9.17, 15) is 9.59 Å². The number of furan rings is 1. The fourth-order valence-corrected chi connectivity index (χ4v) is 1.79. The van der Waals surface area contributed by atoms with Gasteiger partial charge in [-0.2, -0.15) is 0 Å². The smallest absolute Gasteiger partial charge is 0.337 e. The number of rotatable bonds is 6. The predicted octanol–water partition coefficient (Wildman–Crippen LogP) is 2.07. The maximum Gasteiger partial charge on any atom is 0.337 e. The van der Waals surface area contributed by atoms with Crippen molar-refractivity contribution in [2.24, 2.45) is 0 Å². The zero-order chi connectivity index (χ0) is 15.9. The van der Waals surface area contributed by atoms with Gasteiger partial charge >= 0.3 is 5.97 Å². The highest BCUT2D eigenvalue weighted by Crippen LogP contribution is 2.20. The first-order chi connectivity index (χ1) is 10.6. The van der Waals surface area contributed by atoms with Crippen LogP contribution in [0.4, 0.5) is 0 Å². The van der Waals surface area contributed by atoms with E-state index in [2.05, 4.69) is 10.1 Å². The Bertz CT molecular complexity index is 649. The molecule has 0 spiro atoms. The van der Waals surface area contributed by atoms with E-state index >= 15 is 0 Å². The van der Waals surface area contributed by atoms with Crippen LogP contribution in [0.15, 0.2) is 41.0 Å². The highest BCUT2D eigenvalue weighted by molar-refractivity contribution is 5.90. The van der Waals surface area contributed by atoms with E-state index in [0.717, 1.165) is 5.56 Å². The number of ether oxygens (including phenoxy) is 2. The molecule has 22 heavy (non-hydrogen) atoms. The first kappa shape index (κ1) is 15.6. The summed E-state index contributed by atoms with van der Waals surface area (Å²) in [4.78, 5) is 23.2. The summed E-state index contributed by atoms with van der Waals surface area (Å²) < 4.78 is 15.2. The minimum atomic E-state index is -0.452. The van der Waals surface area contributed by atoms with Crippen molar-refractivity contribution in [2.45, 2.75) is 13.5 Å². The van der Waals surface area contributed by atoms with Gasteiger partial charge in [0.2, 0.25) is 0 Å². The second kappa shape index (κ2) is 7.31. The highest BCUT2D eigenvalue weighted by Gasteiger charge is 2.10. The molecule has 0 unspecified atom stereocenters. The minimum Gasteiger partial charge on any atom is -0.483 e. The first-order valence-electron chi connectivity index (χ1n) is 6.71. The van der Waals surface area contributed by atoms with E-state index in [1.54, 1.807) is 36.6 Å². The van der Waals surface area contributed by atoms with Crippen LogP contribution in [-0.4, -0.2) is 25.6 Å². The topological polar surface area (TPSA) is 77.8 Å². The van der Waals surface area contributed by atoms with Gasteiger partial charge in [-0.05, 0) is 36.8 Å². The average Bonchev–Trinajstić information content (AvgIpc) is 3.04. The molecule has 6 nitrogen and oxygen atoms in total. The molecule has 0 atom stereocenters. The lowest BCUT2D eigenvalue weighted by molar-refractivity contribution is -0.123. The van der Waals surface area contributed by atoms with Crippen molar-refractivity contribution in [3.63, 3.8) is 0 Å². The summed E-state index contributed by atoms with van der Waals surface area (Å²) >= 11 is 0. The molecule has 1 amide bonds. The third-order valence-corrected chi connectivity index (χ3v) is 3.01. The zero-order valence-corrected chi connectivity index (χ0v) is 12.4. The normalized spacial score (nSPS) is 10.1. The van der Waals surface area contributed by atoms with Crippen molar-refractivity contribution in [3.8, 4) is 5.75 Å². The van der Waals surface area contributed by atoms with Crippen molar-refractivity contribution >= 4 is 11.9 Å². The SMILES string of the molecule is COC(=O)c1ccc(C)c(OCC(=O)NCc2ccco2)c1. The molecule has 0 saturated heterocycles. The van der Waals surface area contributed by atoms with Gasteiger partial charge in [0.15, 0.2) is 6.61 Å². The van der Waals surface area contributed by atoms with Gasteiger partial charge in [-0.3, -0.25) is 4.79 Å². The second-order valence-corrected chi connectivity index (χ2v) is 4.62. The fourth-order valence-electron chi connectivity index (χ4n) is 1.79. The Balaban J connectivity index is 1.90. The monoisotopic (exact) mass is 303 g/mol. The molecule has 1 aromatic carbocycles. The summed E-state index contributed by atoms with van der Waals surface area (Å²) in [5.41, 5.74) is 1.20. The molecule has 6 heteroatoms. The molecule has 0 aliphatic carbocycles. The summed E-state index contributed by atoms with van der Waals surface area (Å²) in [5.74, 6) is 0.402. The van der Waals surface area contributed by atoms with E-state index in [0.29, 0.717) is 23.6 Å². The molecule has 1 aromatic heterocycles. The number of amides is 1. The quantitative estimate of drug-likeness (QED) is 0.827. The van der Waals surface area contributed by atoms with Gasteiger partial charge in [-0.1, -0.05) is 6.07 Å². The van der Waals surface area contributed by atoms with Crippen LogP contribution >= 0.6 is 0 Å². The highest BCUT2D eigenvalue weighted by atomic mass is 16.5. The van der Waals surface area contributed by atoms with Crippen LogP contribution in [0, 0.1) is 6.92 Å². The number of benzene rings is 1. The Hall–Kier alpha value is -2.76. The minimum absolute atomic E-state index is 0.147. The van der Waals surface area contributed by atoms with Crippen molar-refractivity contribution < 1.29 is 23.5 Å². The molecule has 0 fully saturated rings. The Morgan fingerprint density at radius 2 is 2.09 bits per heavy atom. The Kier molecular flexibility index (Phi) is 5.19. The van der Waals surface area contributed by atoms with Crippen LogP contribution in [-0.2, 0) is 16.1 Å². The van der Waals surface area contributed by atoms with Crippen molar-refractivity contribution in [1.82, 2.24) is 5.32 Å². The largest absolute Gasteiger partial charge is 0.483 e. The fraction of sp³-hybridized carbons (Fsp3) is 0.250. The van der Waals surface area contributed by atoms with Gasteiger partial charge in [-0.15, -0.1) is 0 Å². The molecule has 1 N–H and O–H groups in total. The number of hydrogen-bond donors (Lipinski definition) is 1. The van der Waals surface area contributed by atoms with Gasteiger partial charge in [0.05, 0.1) is 25.5 Å². The van der Waals surface area contributed by atoms with Gasteiger partial charge in [0.1, 0.15) is 11.5 Å². The molecule has 2 aromatic rings. The van der Waals surface area contributed by atoms with E-state index in [4.69, 9.17) is 9.15 Å². The number of esters is 1. The van der Waals surface area contributed by atoms with E-state index in [-0.39, 0.29) is 12.5 Å². The molecular weight excluding hydrogens is 286 g/mol. The van der Waals surface area contributed by atoms with Crippen molar-refractivity contribution in [3.05, 3.63) is 53.5 Å². The summed E-state index contributed by atoms with van der Waals surface area (Å²) in [6, 6.07) is 8.46. The van der Waals surface area contributed by atoms with E-state index in [1.165, 1.54) is 7.11 Å². The number of methoxy groups -OCH3 is 1. The molecule has 116 valence electrons. The lowest BCUT2D eigenvalue weighted by atomic mass is 10.1. The van der Waals surface area contributed by atoms with Crippen LogP contribution in [0.25, 0.3) is 0 Å². The van der Waals surface area contributed by atoms with Gasteiger partial charge in [-0.25, -0.2) is 4.79 Å². The van der Waals surface area contributed by atoms with Crippen LogP contribution in [0.5, 0.6) is 5.75 Å². The van der Waals surface area contributed by atoms with Crippen molar-refractivity contribution in [2.75, 3.05) is 13.7 Å². The number of aryl methyl sites for hydroxylation is 1. The number of carbonyl (C=O) groups is 2. The third-order valence-electron chi connectivity index (χ3n) is 3.01. The van der Waals surface area contributed by atoms with Crippen LogP contribution < -0.4 is 10.1 Å². The van der Waals surface area contributed by atoms with Gasteiger partial charge in [0, 0.05) is 0 Å². The molecule has 0 aliphatic heterocycles. The number of hydrogen-bond acceptors (Lipinski definition) is 5. The van der Waals surface area contributed by atoms with Crippen LogP contribution in [0.3, 0.4) is 0 Å². The molecule has 2 rings (SSSR count). The Morgan fingerprint density at radius 3 is 2.77 bits per heavy atom. The summed E-state index contributed by atoms with van der Waals surface area (Å²) in [5, 5.41) is 2.67. The van der Waals surface area contributed by atoms with Gasteiger partial charge in [0.25, 0.3) is 5.91 Å². The number of carbonyl (C=O) groups excluding carboxylic acids is 2. The standard InChI is InChI=1S/C16H17NO5/c1-11-5-6-12(16(19)20-2)8-14(11)22-10-15(18)17-9-13-4-3-7-21-13/h3-8H,9-10H2,1-2H3,(H,17,18). The molecule has 1 heterocycles. The third kappa shape index (κ3) is 4.12. The second-order valence-electron chi connectivity index (χ2n) is 4.62. The zero-order valence-electron chi connectivity index (χ0n) is 12.4. The molecule has 0 bridgehead atoms. The first-order valence-corrected chi connectivity index (χ1v) is 6.71. The summed E-state index contributed by atoms with van der Waals surface area (Å²) in [6.07, 6.45) is 1.54. The Morgan fingerprint density at radius 1 is 1.27 bits per heavy atom. The lowest BCUT2D eigenvalue weighted by Crippen LogP contribution is -2.28. The maximum atomic E-state index is 11.7. The molecule has 0 aliphatic rings. The molecule has 0 radical (unpaired) electrons. The van der Waals surface area contributed by atoms with Crippen LogP contribution in [0.2, 0.25) is 0 Å². The predicted molar refractivity (Wildman–Crippen MR) is 78.6 cm³/mol.